The zero-order valence-corrected chi connectivity index (χ0v) is 8.64. The van der Waals surface area contributed by atoms with Crippen LogP contribution in [0, 0.1) is 0 Å². The van der Waals surface area contributed by atoms with Crippen molar-refractivity contribution in [2.24, 2.45) is 0 Å². The van der Waals surface area contributed by atoms with Gasteiger partial charge in [-0.3, -0.25) is 4.79 Å². The van der Waals surface area contributed by atoms with Crippen LogP contribution >= 0.6 is 0 Å². The Bertz CT molecular complexity index is 191. The molecule has 0 aromatic rings. The lowest BCUT2D eigenvalue weighted by Crippen LogP contribution is -1.93. The molecule has 0 heterocycles. The van der Waals surface area contributed by atoms with E-state index in [0.29, 0.717) is 5.78 Å². The van der Waals surface area contributed by atoms with Crippen molar-refractivity contribution in [3.63, 3.8) is 0 Å². The molecule has 0 N–H and O–H groups in total. The van der Waals surface area contributed by atoms with Crippen LogP contribution < -0.4 is 0 Å². The molecule has 1 aliphatic carbocycles. The smallest absolute Gasteiger partial charge is 0.155 e. The molecule has 0 aromatic carbocycles. The molecule has 0 amide bonds. The second kappa shape index (κ2) is 5.95. The van der Waals surface area contributed by atoms with Gasteiger partial charge < -0.3 is 0 Å². The zero-order valence-electron chi connectivity index (χ0n) is 8.64. The molecule has 0 radical (unpaired) electrons. The number of hydrogen-bond donors (Lipinski definition) is 0. The molecule has 0 saturated carbocycles. The average molecular weight is 180 g/mol. The Morgan fingerprint density at radius 2 is 1.46 bits per heavy atom. The van der Waals surface area contributed by atoms with E-state index in [0.717, 1.165) is 19.3 Å². The molecule has 0 unspecified atom stereocenters. The second-order valence-corrected chi connectivity index (χ2v) is 4.08. The molecule has 1 heteroatoms. The highest BCUT2D eigenvalue weighted by Crippen LogP contribution is 2.14. The van der Waals surface area contributed by atoms with Gasteiger partial charge in [-0.05, 0) is 32.3 Å². The maximum absolute atomic E-state index is 11.3. The minimum Gasteiger partial charge on any atom is -0.295 e. The minimum atomic E-state index is 0.333. The molecule has 1 nitrogen and oxygen atoms in total. The predicted molar refractivity (Wildman–Crippen MR) is 55.7 cm³/mol. The molecule has 0 aliphatic heterocycles. The predicted octanol–water partition coefficient (Wildman–Crippen LogP) is 3.64. The van der Waals surface area contributed by atoms with Gasteiger partial charge in [-0.2, -0.15) is 0 Å². The minimum absolute atomic E-state index is 0.333. The fraction of sp³-hybridized carbons (Fsp3) is 0.750. The average Bonchev–Trinajstić information content (AvgIpc) is 2.11. The lowest BCUT2D eigenvalue weighted by atomic mass is 10.1. The van der Waals surface area contributed by atoms with Crippen LogP contribution in [-0.4, -0.2) is 5.78 Å². The van der Waals surface area contributed by atoms with Gasteiger partial charge in [0.2, 0.25) is 0 Å². The highest BCUT2D eigenvalue weighted by molar-refractivity contribution is 5.90. The van der Waals surface area contributed by atoms with Crippen molar-refractivity contribution in [3.05, 3.63) is 11.6 Å². The van der Waals surface area contributed by atoms with Crippen molar-refractivity contribution in [2.75, 3.05) is 0 Å². The van der Waals surface area contributed by atoms with Gasteiger partial charge in [-0.1, -0.05) is 31.3 Å². The molecule has 74 valence electrons. The second-order valence-electron chi connectivity index (χ2n) is 4.08. The van der Waals surface area contributed by atoms with Crippen molar-refractivity contribution >= 4 is 5.78 Å². The van der Waals surface area contributed by atoms with Crippen molar-refractivity contribution < 1.29 is 4.79 Å². The first kappa shape index (κ1) is 10.5. The number of hydrogen-bond acceptors (Lipinski definition) is 1. The van der Waals surface area contributed by atoms with Crippen LogP contribution in [0.1, 0.15) is 58.3 Å². The van der Waals surface area contributed by atoms with Gasteiger partial charge >= 0.3 is 0 Å². The molecular weight excluding hydrogens is 160 g/mol. The van der Waals surface area contributed by atoms with E-state index in [1.165, 1.54) is 37.7 Å². The monoisotopic (exact) mass is 180 g/mol. The Morgan fingerprint density at radius 3 is 2.15 bits per heavy atom. The summed E-state index contributed by atoms with van der Waals surface area (Å²) in [7, 11) is 0. The number of carbonyl (C=O) groups is 1. The number of rotatable bonds is 0. The Labute approximate surface area is 81.2 Å². The molecule has 0 fully saturated rings. The molecule has 0 spiro atoms. The largest absolute Gasteiger partial charge is 0.295 e. The van der Waals surface area contributed by atoms with Crippen LogP contribution in [0.25, 0.3) is 0 Å². The summed E-state index contributed by atoms with van der Waals surface area (Å²) >= 11 is 0. The quantitative estimate of drug-likeness (QED) is 0.556. The van der Waals surface area contributed by atoms with E-state index in [9.17, 15) is 4.79 Å². The number of carbonyl (C=O) groups excluding carboxylic acids is 1. The van der Waals surface area contributed by atoms with Gasteiger partial charge in [-0.15, -0.1) is 0 Å². The topological polar surface area (TPSA) is 17.1 Å². The van der Waals surface area contributed by atoms with E-state index in [4.69, 9.17) is 0 Å². The normalized spacial score (nSPS) is 25.9. The number of ketones is 1. The Morgan fingerprint density at radius 1 is 0.923 bits per heavy atom. The summed E-state index contributed by atoms with van der Waals surface area (Å²) in [6.07, 6.45) is 11.3. The fourth-order valence-electron chi connectivity index (χ4n) is 1.83. The fourth-order valence-corrected chi connectivity index (χ4v) is 1.83. The van der Waals surface area contributed by atoms with Crippen LogP contribution in [0.4, 0.5) is 0 Å². The molecule has 0 bridgehead atoms. The summed E-state index contributed by atoms with van der Waals surface area (Å²) in [4.78, 5) is 11.3. The van der Waals surface area contributed by atoms with Crippen LogP contribution in [0.3, 0.4) is 0 Å². The molecule has 1 aliphatic rings. The van der Waals surface area contributed by atoms with Gasteiger partial charge in [0.1, 0.15) is 0 Å². The third kappa shape index (κ3) is 4.87. The molecule has 0 aromatic heterocycles. The highest BCUT2D eigenvalue weighted by Gasteiger charge is 2.01. The molecular formula is C12H20O. The highest BCUT2D eigenvalue weighted by atomic mass is 16.1. The van der Waals surface area contributed by atoms with E-state index in [-0.39, 0.29) is 0 Å². The van der Waals surface area contributed by atoms with Gasteiger partial charge in [0, 0.05) is 6.42 Å². The standard InChI is InChI=1S/C12H20O/c1-11-8-6-4-2-3-5-7-9-12(13)10-11/h10H,2-9H2,1H3/b11-10-. The van der Waals surface area contributed by atoms with E-state index in [2.05, 4.69) is 6.92 Å². The van der Waals surface area contributed by atoms with E-state index in [1.807, 2.05) is 6.08 Å². The summed E-state index contributed by atoms with van der Waals surface area (Å²) in [5, 5.41) is 0. The van der Waals surface area contributed by atoms with Crippen LogP contribution in [0.5, 0.6) is 0 Å². The first-order valence-corrected chi connectivity index (χ1v) is 5.49. The zero-order chi connectivity index (χ0) is 9.52. The Balaban J connectivity index is 2.43. The summed E-state index contributed by atoms with van der Waals surface area (Å²) in [6.45, 7) is 2.08. The van der Waals surface area contributed by atoms with Crippen molar-refractivity contribution in [1.29, 1.82) is 0 Å². The Hall–Kier alpha value is -0.590. The third-order valence-corrected chi connectivity index (χ3v) is 2.65. The molecule has 1 rings (SSSR count). The van der Waals surface area contributed by atoms with Crippen molar-refractivity contribution in [3.8, 4) is 0 Å². The van der Waals surface area contributed by atoms with Crippen LogP contribution in [-0.2, 0) is 4.79 Å². The molecule has 0 atom stereocenters. The third-order valence-electron chi connectivity index (χ3n) is 2.65. The number of allylic oxidation sites excluding steroid dienone is 2. The van der Waals surface area contributed by atoms with Gasteiger partial charge in [0.15, 0.2) is 5.78 Å². The van der Waals surface area contributed by atoms with Gasteiger partial charge in [-0.25, -0.2) is 0 Å². The van der Waals surface area contributed by atoms with Crippen molar-refractivity contribution in [2.45, 2.75) is 58.3 Å². The maximum atomic E-state index is 11.3. The summed E-state index contributed by atoms with van der Waals surface area (Å²) in [5.74, 6) is 0.333. The first-order valence-electron chi connectivity index (χ1n) is 5.49. The SMILES string of the molecule is C/C1=C/C(=O)CCCCCCCC1. The molecule has 0 saturated heterocycles. The Kier molecular flexibility index (Phi) is 4.81. The van der Waals surface area contributed by atoms with Crippen LogP contribution in [0.15, 0.2) is 11.6 Å². The van der Waals surface area contributed by atoms with Gasteiger partial charge in [0.25, 0.3) is 0 Å². The van der Waals surface area contributed by atoms with Crippen molar-refractivity contribution in [1.82, 2.24) is 0 Å². The summed E-state index contributed by atoms with van der Waals surface area (Å²) in [6, 6.07) is 0. The lowest BCUT2D eigenvalue weighted by Gasteiger charge is -1.99. The van der Waals surface area contributed by atoms with E-state index in [1.54, 1.807) is 0 Å². The van der Waals surface area contributed by atoms with Crippen LogP contribution in [0.2, 0.25) is 0 Å². The first-order chi connectivity index (χ1) is 6.29. The van der Waals surface area contributed by atoms with Gasteiger partial charge in [0.05, 0.1) is 0 Å². The summed E-state index contributed by atoms with van der Waals surface area (Å²) in [5.41, 5.74) is 1.27. The molecule has 13 heavy (non-hydrogen) atoms. The maximum Gasteiger partial charge on any atom is 0.155 e. The summed E-state index contributed by atoms with van der Waals surface area (Å²) < 4.78 is 0. The van der Waals surface area contributed by atoms with E-state index >= 15 is 0 Å². The van der Waals surface area contributed by atoms with E-state index < -0.39 is 0 Å². The lowest BCUT2D eigenvalue weighted by molar-refractivity contribution is -0.114.